The van der Waals surface area contributed by atoms with Crippen molar-refractivity contribution in [3.63, 3.8) is 0 Å². The molecule has 0 bridgehead atoms. The second-order valence-corrected chi connectivity index (χ2v) is 3.06. The normalized spacial score (nSPS) is 17.2. The summed E-state index contributed by atoms with van der Waals surface area (Å²) in [6.45, 7) is 4.20. The van der Waals surface area contributed by atoms with Crippen molar-refractivity contribution in [3.05, 3.63) is 6.20 Å². The van der Waals surface area contributed by atoms with E-state index in [0.717, 1.165) is 32.0 Å². The smallest absolute Gasteiger partial charge is 0.162 e. The molecule has 0 radical (unpaired) electrons. The van der Waals surface area contributed by atoms with Gasteiger partial charge in [-0.2, -0.15) is 8.75 Å². The van der Waals surface area contributed by atoms with Gasteiger partial charge in [-0.05, 0) is 0 Å². The van der Waals surface area contributed by atoms with Gasteiger partial charge in [-0.1, -0.05) is 0 Å². The number of halogens is 1. The standard InChI is InChI=1S/C6H10N4S.ClH/c1-3-10(4-2-7-1)6-5-8-11-9-6;/h5,7H,1-4H2;1H. The SMILES string of the molecule is Cl.c1nsnc1N1CCNCC1. The Labute approximate surface area is 81.7 Å². The Morgan fingerprint density at radius 1 is 1.42 bits per heavy atom. The summed E-state index contributed by atoms with van der Waals surface area (Å²) >= 11 is 1.27. The lowest BCUT2D eigenvalue weighted by Crippen LogP contribution is -2.43. The van der Waals surface area contributed by atoms with E-state index < -0.39 is 0 Å². The number of anilines is 1. The van der Waals surface area contributed by atoms with E-state index in [9.17, 15) is 0 Å². The van der Waals surface area contributed by atoms with Gasteiger partial charge in [0, 0.05) is 26.2 Å². The fourth-order valence-corrected chi connectivity index (χ4v) is 1.63. The zero-order chi connectivity index (χ0) is 7.52. The van der Waals surface area contributed by atoms with Crippen molar-refractivity contribution in [2.24, 2.45) is 0 Å². The number of hydrogen-bond donors (Lipinski definition) is 1. The third-order valence-electron chi connectivity index (χ3n) is 1.79. The highest BCUT2D eigenvalue weighted by atomic mass is 35.5. The third-order valence-corrected chi connectivity index (χ3v) is 2.26. The van der Waals surface area contributed by atoms with Gasteiger partial charge in [-0.15, -0.1) is 12.4 Å². The minimum Gasteiger partial charge on any atom is -0.352 e. The molecule has 12 heavy (non-hydrogen) atoms. The first-order chi connectivity index (χ1) is 5.47. The molecule has 1 aliphatic rings. The third kappa shape index (κ3) is 2.06. The van der Waals surface area contributed by atoms with Crippen molar-refractivity contribution >= 4 is 30.0 Å². The van der Waals surface area contributed by atoms with Crippen molar-refractivity contribution in [3.8, 4) is 0 Å². The van der Waals surface area contributed by atoms with Crippen LogP contribution in [0.15, 0.2) is 6.20 Å². The van der Waals surface area contributed by atoms with E-state index >= 15 is 0 Å². The highest BCUT2D eigenvalue weighted by Crippen LogP contribution is 2.10. The van der Waals surface area contributed by atoms with Crippen LogP contribution in [0.5, 0.6) is 0 Å². The number of nitrogens with one attached hydrogen (secondary N) is 1. The molecule has 1 aliphatic heterocycles. The van der Waals surface area contributed by atoms with Gasteiger partial charge in [0.25, 0.3) is 0 Å². The van der Waals surface area contributed by atoms with Crippen LogP contribution < -0.4 is 10.2 Å². The molecule has 0 aromatic carbocycles. The van der Waals surface area contributed by atoms with E-state index in [-0.39, 0.29) is 12.4 Å². The molecule has 0 atom stereocenters. The lowest BCUT2D eigenvalue weighted by molar-refractivity contribution is 0.586. The van der Waals surface area contributed by atoms with Gasteiger partial charge in [-0.25, -0.2) is 0 Å². The highest BCUT2D eigenvalue weighted by molar-refractivity contribution is 6.99. The Bertz CT molecular complexity index is 209. The van der Waals surface area contributed by atoms with Gasteiger partial charge in [0.05, 0.1) is 17.9 Å². The van der Waals surface area contributed by atoms with E-state index in [1.165, 1.54) is 11.7 Å². The van der Waals surface area contributed by atoms with Gasteiger partial charge in [0.15, 0.2) is 5.82 Å². The molecule has 1 aromatic heterocycles. The summed E-state index contributed by atoms with van der Waals surface area (Å²) in [6.07, 6.45) is 1.83. The van der Waals surface area contributed by atoms with Crippen LogP contribution in [0.2, 0.25) is 0 Å². The van der Waals surface area contributed by atoms with Gasteiger partial charge >= 0.3 is 0 Å². The number of aromatic nitrogens is 2. The predicted octanol–water partition coefficient (Wildman–Crippen LogP) is 0.369. The molecule has 0 saturated carbocycles. The molecule has 1 N–H and O–H groups in total. The topological polar surface area (TPSA) is 41.1 Å². The van der Waals surface area contributed by atoms with Gasteiger partial charge in [0.2, 0.25) is 0 Å². The first-order valence-electron chi connectivity index (χ1n) is 3.70. The molecule has 6 heteroatoms. The quantitative estimate of drug-likeness (QED) is 0.721. The summed E-state index contributed by atoms with van der Waals surface area (Å²) in [4.78, 5) is 2.25. The van der Waals surface area contributed by atoms with Crippen LogP contribution in [-0.2, 0) is 0 Å². The molecule has 4 nitrogen and oxygen atoms in total. The molecule has 0 spiro atoms. The monoisotopic (exact) mass is 206 g/mol. The van der Waals surface area contributed by atoms with Crippen LogP contribution in [0.3, 0.4) is 0 Å². The van der Waals surface area contributed by atoms with Crippen LogP contribution in [-0.4, -0.2) is 34.9 Å². The molecule has 1 aromatic rings. The van der Waals surface area contributed by atoms with Crippen LogP contribution in [0.4, 0.5) is 5.82 Å². The first kappa shape index (κ1) is 9.70. The maximum atomic E-state index is 4.17. The predicted molar refractivity (Wildman–Crippen MR) is 52.2 cm³/mol. The Morgan fingerprint density at radius 2 is 2.17 bits per heavy atom. The Morgan fingerprint density at radius 3 is 2.75 bits per heavy atom. The van der Waals surface area contributed by atoms with Gasteiger partial charge in [0.1, 0.15) is 0 Å². The largest absolute Gasteiger partial charge is 0.352 e. The lowest BCUT2D eigenvalue weighted by Gasteiger charge is -2.26. The van der Waals surface area contributed by atoms with E-state index in [0.29, 0.717) is 0 Å². The lowest BCUT2D eigenvalue weighted by atomic mass is 10.4. The minimum absolute atomic E-state index is 0. The highest BCUT2D eigenvalue weighted by Gasteiger charge is 2.11. The molecular weight excluding hydrogens is 196 g/mol. The Kier molecular flexibility index (Phi) is 3.71. The zero-order valence-electron chi connectivity index (χ0n) is 6.56. The second-order valence-electron chi connectivity index (χ2n) is 2.50. The van der Waals surface area contributed by atoms with Crippen LogP contribution >= 0.6 is 24.1 Å². The molecule has 2 heterocycles. The van der Waals surface area contributed by atoms with E-state index in [4.69, 9.17) is 0 Å². The average molecular weight is 207 g/mol. The van der Waals surface area contributed by atoms with Crippen LogP contribution in [0.1, 0.15) is 0 Å². The van der Waals surface area contributed by atoms with E-state index in [2.05, 4.69) is 19.0 Å². The molecular formula is C6H11ClN4S. The van der Waals surface area contributed by atoms with Crippen molar-refractivity contribution in [1.82, 2.24) is 14.1 Å². The summed E-state index contributed by atoms with van der Waals surface area (Å²) < 4.78 is 8.13. The van der Waals surface area contributed by atoms with Gasteiger partial charge < -0.3 is 10.2 Å². The maximum absolute atomic E-state index is 4.17. The molecule has 0 aliphatic carbocycles. The molecule has 1 fully saturated rings. The molecule has 0 amide bonds. The number of rotatable bonds is 1. The van der Waals surface area contributed by atoms with Crippen LogP contribution in [0.25, 0.3) is 0 Å². The average Bonchev–Trinajstić information content (AvgIpc) is 2.58. The zero-order valence-corrected chi connectivity index (χ0v) is 8.20. The molecule has 2 rings (SSSR count). The minimum atomic E-state index is 0. The summed E-state index contributed by atoms with van der Waals surface area (Å²) in [5.41, 5.74) is 0. The van der Waals surface area contributed by atoms with E-state index in [1.807, 2.05) is 6.20 Å². The number of piperazine rings is 1. The molecule has 68 valence electrons. The van der Waals surface area contributed by atoms with Crippen molar-refractivity contribution in [1.29, 1.82) is 0 Å². The van der Waals surface area contributed by atoms with Crippen molar-refractivity contribution in [2.45, 2.75) is 0 Å². The van der Waals surface area contributed by atoms with Gasteiger partial charge in [-0.3, -0.25) is 0 Å². The van der Waals surface area contributed by atoms with Crippen molar-refractivity contribution in [2.75, 3.05) is 31.1 Å². The molecule has 1 saturated heterocycles. The summed E-state index contributed by atoms with van der Waals surface area (Å²) in [5, 5.41) is 3.29. The number of hydrogen-bond acceptors (Lipinski definition) is 5. The summed E-state index contributed by atoms with van der Waals surface area (Å²) in [5.74, 6) is 1.02. The fourth-order valence-electron chi connectivity index (χ4n) is 1.19. The van der Waals surface area contributed by atoms with Crippen molar-refractivity contribution < 1.29 is 0 Å². The van der Waals surface area contributed by atoms with Crippen LogP contribution in [0, 0.1) is 0 Å². The number of nitrogens with zero attached hydrogens (tertiary/aromatic N) is 3. The molecule has 0 unspecified atom stereocenters. The fraction of sp³-hybridized carbons (Fsp3) is 0.667. The Hall–Kier alpha value is -0.390. The Balaban J connectivity index is 0.000000720. The first-order valence-corrected chi connectivity index (χ1v) is 4.43. The van der Waals surface area contributed by atoms with E-state index in [1.54, 1.807) is 0 Å². The maximum Gasteiger partial charge on any atom is 0.162 e. The second kappa shape index (κ2) is 4.59. The summed E-state index contributed by atoms with van der Waals surface area (Å²) in [6, 6.07) is 0. The summed E-state index contributed by atoms with van der Waals surface area (Å²) in [7, 11) is 0.